The van der Waals surface area contributed by atoms with Crippen LogP contribution in [-0.4, -0.2) is 48.5 Å². The number of nitrogens with one attached hydrogen (secondary N) is 4. The number of hydrazine groups is 1. The maximum atomic E-state index is 13.2. The number of amides is 1. The lowest BCUT2D eigenvalue weighted by Gasteiger charge is -2.39. The zero-order valence-corrected chi connectivity index (χ0v) is 16.6. The third-order valence-electron chi connectivity index (χ3n) is 6.62. The van der Waals surface area contributed by atoms with Crippen LogP contribution in [0.1, 0.15) is 51.0 Å². The maximum absolute atomic E-state index is 13.2. The van der Waals surface area contributed by atoms with Gasteiger partial charge in [-0.25, -0.2) is 5.43 Å². The SMILES string of the molecule is CCC1(C(=O)N[C@H]2CC[C@@H](CC3(O)CCOCC3)NC2)NNc2ccccc21. The molecule has 0 spiro atoms. The highest BCUT2D eigenvalue weighted by Crippen LogP contribution is 2.36. The summed E-state index contributed by atoms with van der Waals surface area (Å²) in [6.45, 7) is 4.05. The Kier molecular flexibility index (Phi) is 5.60. The second kappa shape index (κ2) is 7.99. The number of fused-ring (bicyclic) bond motifs is 1. The summed E-state index contributed by atoms with van der Waals surface area (Å²) in [5.74, 6) is 0.0146. The van der Waals surface area contributed by atoms with E-state index in [4.69, 9.17) is 4.74 Å². The molecule has 1 unspecified atom stereocenters. The molecule has 1 aromatic rings. The molecule has 3 aliphatic rings. The Morgan fingerprint density at radius 3 is 2.79 bits per heavy atom. The molecule has 28 heavy (non-hydrogen) atoms. The van der Waals surface area contributed by atoms with Crippen LogP contribution in [-0.2, 0) is 15.1 Å². The zero-order valence-electron chi connectivity index (χ0n) is 16.6. The number of para-hydroxylation sites is 1. The van der Waals surface area contributed by atoms with Gasteiger partial charge in [0, 0.05) is 37.4 Å². The number of hydrogen-bond acceptors (Lipinski definition) is 6. The minimum Gasteiger partial charge on any atom is -0.390 e. The largest absolute Gasteiger partial charge is 0.390 e. The van der Waals surface area contributed by atoms with Gasteiger partial charge in [-0.15, -0.1) is 0 Å². The van der Waals surface area contributed by atoms with Gasteiger partial charge in [0.15, 0.2) is 0 Å². The molecule has 7 heteroatoms. The highest BCUT2D eigenvalue weighted by atomic mass is 16.5. The van der Waals surface area contributed by atoms with Gasteiger partial charge in [0.2, 0.25) is 5.91 Å². The van der Waals surface area contributed by atoms with E-state index in [0.717, 1.165) is 37.1 Å². The van der Waals surface area contributed by atoms with E-state index in [0.29, 0.717) is 38.5 Å². The molecule has 3 heterocycles. The van der Waals surface area contributed by atoms with E-state index in [9.17, 15) is 9.90 Å². The van der Waals surface area contributed by atoms with Gasteiger partial charge in [0.1, 0.15) is 5.54 Å². The Bertz CT molecular complexity index is 699. The van der Waals surface area contributed by atoms with Gasteiger partial charge in [-0.05, 0) is 44.6 Å². The molecule has 2 saturated heterocycles. The van der Waals surface area contributed by atoms with Gasteiger partial charge >= 0.3 is 0 Å². The number of benzene rings is 1. The van der Waals surface area contributed by atoms with Gasteiger partial charge in [-0.1, -0.05) is 25.1 Å². The van der Waals surface area contributed by atoms with E-state index in [1.807, 2.05) is 31.2 Å². The number of ether oxygens (including phenoxy) is 1. The van der Waals surface area contributed by atoms with E-state index < -0.39 is 11.1 Å². The predicted octanol–water partition coefficient (Wildman–Crippen LogP) is 1.39. The number of carbonyl (C=O) groups excluding carboxylic acids is 1. The quantitative estimate of drug-likeness (QED) is 0.523. The van der Waals surface area contributed by atoms with E-state index in [1.165, 1.54) is 0 Å². The lowest BCUT2D eigenvalue weighted by atomic mass is 9.84. The van der Waals surface area contributed by atoms with Crippen LogP contribution in [0.15, 0.2) is 24.3 Å². The molecule has 3 aliphatic heterocycles. The molecule has 0 saturated carbocycles. The van der Waals surface area contributed by atoms with E-state index in [-0.39, 0.29) is 11.9 Å². The van der Waals surface area contributed by atoms with Crippen LogP contribution >= 0.6 is 0 Å². The minimum absolute atomic E-state index is 0.0146. The molecule has 0 aliphatic carbocycles. The van der Waals surface area contributed by atoms with Crippen molar-refractivity contribution in [3.05, 3.63) is 29.8 Å². The first-order valence-electron chi connectivity index (χ1n) is 10.5. The van der Waals surface area contributed by atoms with E-state index in [1.54, 1.807) is 0 Å². The van der Waals surface area contributed by atoms with Crippen molar-refractivity contribution >= 4 is 11.6 Å². The highest BCUT2D eigenvalue weighted by molar-refractivity contribution is 5.91. The molecular formula is C21H32N4O3. The van der Waals surface area contributed by atoms with Gasteiger partial charge in [-0.2, -0.15) is 0 Å². The number of anilines is 1. The molecule has 3 atom stereocenters. The summed E-state index contributed by atoms with van der Waals surface area (Å²) < 4.78 is 5.37. The van der Waals surface area contributed by atoms with Crippen molar-refractivity contribution in [3.8, 4) is 0 Å². The standard InChI is InChI=1S/C21H32N4O3/c1-2-21(17-5-3-4-6-18(17)24-25-21)19(26)23-16-8-7-15(22-14-16)13-20(27)9-11-28-12-10-20/h3-6,15-16,22,24-25,27H,2,7-14H2,1H3,(H,23,26)/t15-,16-,21?/m0/s1. The van der Waals surface area contributed by atoms with Crippen molar-refractivity contribution in [3.63, 3.8) is 0 Å². The minimum atomic E-state index is -0.731. The summed E-state index contributed by atoms with van der Waals surface area (Å²) in [6.07, 6.45) is 4.72. The van der Waals surface area contributed by atoms with E-state index >= 15 is 0 Å². The molecule has 5 N–H and O–H groups in total. The van der Waals surface area contributed by atoms with Gasteiger partial charge in [-0.3, -0.25) is 4.79 Å². The summed E-state index contributed by atoms with van der Waals surface area (Å²) in [5, 5.41) is 17.5. The molecular weight excluding hydrogens is 356 g/mol. The first-order chi connectivity index (χ1) is 13.5. The van der Waals surface area contributed by atoms with Crippen LogP contribution in [0.25, 0.3) is 0 Å². The fourth-order valence-corrected chi connectivity index (χ4v) is 4.76. The van der Waals surface area contributed by atoms with Crippen LogP contribution < -0.4 is 21.5 Å². The topological polar surface area (TPSA) is 94.7 Å². The molecule has 1 aromatic carbocycles. The normalized spacial score (nSPS) is 31.6. The smallest absolute Gasteiger partial charge is 0.246 e. The van der Waals surface area contributed by atoms with Crippen LogP contribution in [0.3, 0.4) is 0 Å². The number of carbonyl (C=O) groups is 1. The van der Waals surface area contributed by atoms with Crippen molar-refractivity contribution in [1.82, 2.24) is 16.1 Å². The molecule has 0 aromatic heterocycles. The summed E-state index contributed by atoms with van der Waals surface area (Å²) in [7, 11) is 0. The van der Waals surface area contributed by atoms with Crippen molar-refractivity contribution < 1.29 is 14.6 Å². The summed E-state index contributed by atoms with van der Waals surface area (Å²) >= 11 is 0. The zero-order chi connectivity index (χ0) is 19.6. The lowest BCUT2D eigenvalue weighted by molar-refractivity contribution is -0.128. The Labute approximate surface area is 166 Å². The van der Waals surface area contributed by atoms with Gasteiger partial charge < -0.3 is 25.9 Å². The van der Waals surface area contributed by atoms with Crippen molar-refractivity contribution in [1.29, 1.82) is 0 Å². The number of hydrogen-bond donors (Lipinski definition) is 5. The molecule has 2 fully saturated rings. The second-order valence-electron chi connectivity index (χ2n) is 8.45. The Morgan fingerprint density at radius 1 is 1.29 bits per heavy atom. The summed E-state index contributed by atoms with van der Waals surface area (Å²) in [6, 6.07) is 8.33. The van der Waals surface area contributed by atoms with Crippen LogP contribution in [0.5, 0.6) is 0 Å². The molecule has 154 valence electrons. The fraction of sp³-hybridized carbons (Fsp3) is 0.667. The van der Waals surface area contributed by atoms with Gasteiger partial charge in [0.25, 0.3) is 0 Å². The fourth-order valence-electron chi connectivity index (χ4n) is 4.76. The number of piperidine rings is 1. The molecule has 0 radical (unpaired) electrons. The maximum Gasteiger partial charge on any atom is 0.246 e. The van der Waals surface area contributed by atoms with Crippen LogP contribution in [0, 0.1) is 0 Å². The van der Waals surface area contributed by atoms with Crippen molar-refractivity contribution in [2.75, 3.05) is 25.2 Å². The van der Waals surface area contributed by atoms with Crippen molar-refractivity contribution in [2.45, 2.75) is 68.7 Å². The van der Waals surface area contributed by atoms with E-state index in [2.05, 4.69) is 21.5 Å². The Balaban J connectivity index is 1.33. The lowest BCUT2D eigenvalue weighted by Crippen LogP contribution is -2.58. The Morgan fingerprint density at radius 2 is 2.07 bits per heavy atom. The predicted molar refractivity (Wildman–Crippen MR) is 108 cm³/mol. The highest BCUT2D eigenvalue weighted by Gasteiger charge is 2.45. The molecule has 0 bridgehead atoms. The number of aliphatic hydroxyl groups is 1. The third-order valence-corrected chi connectivity index (χ3v) is 6.62. The number of rotatable bonds is 5. The second-order valence-corrected chi connectivity index (χ2v) is 8.45. The first kappa shape index (κ1) is 19.6. The molecule has 1 amide bonds. The summed E-state index contributed by atoms with van der Waals surface area (Å²) in [4.78, 5) is 13.2. The first-order valence-corrected chi connectivity index (χ1v) is 10.5. The average Bonchev–Trinajstić information content (AvgIpc) is 3.10. The molecule has 4 rings (SSSR count). The Hall–Kier alpha value is -1.67. The van der Waals surface area contributed by atoms with Crippen molar-refractivity contribution in [2.24, 2.45) is 0 Å². The third kappa shape index (κ3) is 3.76. The van der Waals surface area contributed by atoms with Crippen LogP contribution in [0.4, 0.5) is 5.69 Å². The average molecular weight is 389 g/mol. The van der Waals surface area contributed by atoms with Gasteiger partial charge in [0.05, 0.1) is 11.3 Å². The van der Waals surface area contributed by atoms with Crippen LogP contribution in [0.2, 0.25) is 0 Å². The summed E-state index contributed by atoms with van der Waals surface area (Å²) in [5.41, 5.74) is 6.99. The molecule has 7 nitrogen and oxygen atoms in total. The monoisotopic (exact) mass is 388 g/mol.